The zero-order valence-electron chi connectivity index (χ0n) is 12.1. The predicted octanol–water partition coefficient (Wildman–Crippen LogP) is 2.87. The maximum Gasteiger partial charge on any atom is 0.323 e. The molecule has 2 amide bonds. The Labute approximate surface area is 125 Å². The van der Waals surface area contributed by atoms with Crippen LogP contribution in [0.5, 0.6) is 0 Å². The molecule has 0 heterocycles. The average molecular weight is 290 g/mol. The number of carbonyl (C=O) groups excluding carboxylic acids is 1. The van der Waals surface area contributed by atoms with Gasteiger partial charge in [-0.1, -0.05) is 37.5 Å². The molecule has 0 bridgehead atoms. The van der Waals surface area contributed by atoms with E-state index < -0.39 is 5.97 Å². The Kier molecular flexibility index (Phi) is 5.60. The lowest BCUT2D eigenvalue weighted by Gasteiger charge is -2.25. The largest absolute Gasteiger partial charge is 0.480 e. The number of urea groups is 1. The minimum absolute atomic E-state index is 0.333. The third kappa shape index (κ3) is 4.77. The summed E-state index contributed by atoms with van der Waals surface area (Å²) in [5, 5.41) is 11.9. The molecule has 0 radical (unpaired) electrons. The molecule has 2 rings (SSSR count). The number of amides is 2. The predicted molar refractivity (Wildman–Crippen MR) is 81.4 cm³/mol. The number of hydrogen-bond acceptors (Lipinski definition) is 2. The van der Waals surface area contributed by atoms with Crippen molar-refractivity contribution in [3.8, 4) is 0 Å². The molecule has 5 heteroatoms. The molecule has 0 unspecified atom stereocenters. The number of carboxylic acids is 1. The summed E-state index contributed by atoms with van der Waals surface area (Å²) in [5.74, 6) is -0.503. The van der Waals surface area contributed by atoms with Crippen molar-refractivity contribution in [3.63, 3.8) is 0 Å². The van der Waals surface area contributed by atoms with Crippen LogP contribution >= 0.6 is 0 Å². The second kappa shape index (κ2) is 7.67. The molecule has 0 aromatic heterocycles. The van der Waals surface area contributed by atoms with Gasteiger partial charge in [0.05, 0.1) is 0 Å². The van der Waals surface area contributed by atoms with Crippen LogP contribution in [0.1, 0.15) is 32.1 Å². The van der Waals surface area contributed by atoms with Crippen molar-refractivity contribution in [2.75, 3.05) is 18.0 Å². The van der Waals surface area contributed by atoms with Gasteiger partial charge in [-0.3, -0.25) is 9.69 Å². The summed E-state index contributed by atoms with van der Waals surface area (Å²) in [5.41, 5.74) is 0.598. The van der Waals surface area contributed by atoms with Crippen molar-refractivity contribution >= 4 is 17.7 Å². The first-order chi connectivity index (χ1) is 10.2. The SMILES string of the molecule is O=C(O)CN(C(=O)NCC1CCCCC1)c1ccccc1. The highest BCUT2D eigenvalue weighted by Crippen LogP contribution is 2.23. The second-order valence-corrected chi connectivity index (χ2v) is 5.51. The van der Waals surface area contributed by atoms with Crippen molar-refractivity contribution in [1.29, 1.82) is 0 Å². The van der Waals surface area contributed by atoms with E-state index in [9.17, 15) is 9.59 Å². The van der Waals surface area contributed by atoms with Crippen LogP contribution in [0.25, 0.3) is 0 Å². The Hall–Kier alpha value is -2.04. The van der Waals surface area contributed by atoms with Gasteiger partial charge in [0, 0.05) is 12.2 Å². The Balaban J connectivity index is 1.95. The molecule has 0 aliphatic heterocycles. The van der Waals surface area contributed by atoms with Gasteiger partial charge < -0.3 is 10.4 Å². The number of benzene rings is 1. The number of carboxylic acid groups (broad SMARTS) is 1. The van der Waals surface area contributed by atoms with Crippen LogP contribution in [0.2, 0.25) is 0 Å². The van der Waals surface area contributed by atoms with Crippen LogP contribution in [0.4, 0.5) is 10.5 Å². The molecule has 5 nitrogen and oxygen atoms in total. The number of nitrogens with zero attached hydrogens (tertiary/aromatic N) is 1. The Bertz CT molecular complexity index is 470. The van der Waals surface area contributed by atoms with Crippen LogP contribution in [-0.2, 0) is 4.79 Å². The number of hydrogen-bond donors (Lipinski definition) is 2. The van der Waals surface area contributed by atoms with Gasteiger partial charge in [-0.2, -0.15) is 0 Å². The lowest BCUT2D eigenvalue weighted by molar-refractivity contribution is -0.135. The first-order valence-corrected chi connectivity index (χ1v) is 7.49. The smallest absolute Gasteiger partial charge is 0.323 e. The van der Waals surface area contributed by atoms with Gasteiger partial charge in [-0.05, 0) is 30.9 Å². The van der Waals surface area contributed by atoms with E-state index in [2.05, 4.69) is 5.32 Å². The first-order valence-electron chi connectivity index (χ1n) is 7.49. The second-order valence-electron chi connectivity index (χ2n) is 5.51. The molecule has 1 fully saturated rings. The maximum atomic E-state index is 12.3. The number of anilines is 1. The Morgan fingerprint density at radius 2 is 1.81 bits per heavy atom. The zero-order valence-corrected chi connectivity index (χ0v) is 12.1. The summed E-state index contributed by atoms with van der Waals surface area (Å²) in [6, 6.07) is 8.56. The fraction of sp³-hybridized carbons (Fsp3) is 0.500. The van der Waals surface area contributed by atoms with Crippen molar-refractivity contribution < 1.29 is 14.7 Å². The van der Waals surface area contributed by atoms with Crippen LogP contribution < -0.4 is 10.2 Å². The number of nitrogens with one attached hydrogen (secondary N) is 1. The molecular weight excluding hydrogens is 268 g/mol. The molecular formula is C16H22N2O3. The summed E-state index contributed by atoms with van der Waals surface area (Å²) >= 11 is 0. The number of para-hydroxylation sites is 1. The topological polar surface area (TPSA) is 69.6 Å². The normalized spacial score (nSPS) is 15.4. The van der Waals surface area contributed by atoms with E-state index in [1.54, 1.807) is 24.3 Å². The molecule has 0 spiro atoms. The molecule has 114 valence electrons. The Morgan fingerprint density at radius 3 is 2.43 bits per heavy atom. The first kappa shape index (κ1) is 15.4. The summed E-state index contributed by atoms with van der Waals surface area (Å²) in [6.45, 7) is 0.294. The van der Waals surface area contributed by atoms with Gasteiger partial charge in [-0.15, -0.1) is 0 Å². The molecule has 1 aliphatic carbocycles. The van der Waals surface area contributed by atoms with Gasteiger partial charge in [0.25, 0.3) is 0 Å². The van der Waals surface area contributed by atoms with E-state index in [0.29, 0.717) is 18.2 Å². The van der Waals surface area contributed by atoms with Crippen molar-refractivity contribution in [3.05, 3.63) is 30.3 Å². The van der Waals surface area contributed by atoms with Gasteiger partial charge in [-0.25, -0.2) is 4.79 Å². The molecule has 1 saturated carbocycles. The summed E-state index contributed by atoms with van der Waals surface area (Å²) < 4.78 is 0. The zero-order chi connectivity index (χ0) is 15.1. The highest BCUT2D eigenvalue weighted by Gasteiger charge is 2.20. The van der Waals surface area contributed by atoms with Crippen LogP contribution in [-0.4, -0.2) is 30.2 Å². The quantitative estimate of drug-likeness (QED) is 0.876. The maximum absolute atomic E-state index is 12.3. The third-order valence-corrected chi connectivity index (χ3v) is 3.87. The summed E-state index contributed by atoms with van der Waals surface area (Å²) in [4.78, 5) is 24.5. The van der Waals surface area contributed by atoms with Gasteiger partial charge in [0.2, 0.25) is 0 Å². The van der Waals surface area contributed by atoms with Gasteiger partial charge >= 0.3 is 12.0 Å². The van der Waals surface area contributed by atoms with Crippen molar-refractivity contribution in [2.24, 2.45) is 5.92 Å². The van der Waals surface area contributed by atoms with E-state index in [-0.39, 0.29) is 12.6 Å². The van der Waals surface area contributed by atoms with E-state index in [0.717, 1.165) is 12.8 Å². The molecule has 2 N–H and O–H groups in total. The van der Waals surface area contributed by atoms with E-state index in [1.165, 1.54) is 24.2 Å². The molecule has 0 atom stereocenters. The number of aliphatic carboxylic acids is 1. The standard InChI is InChI=1S/C16H22N2O3/c19-15(20)12-18(14-9-5-2-6-10-14)16(21)17-11-13-7-3-1-4-8-13/h2,5-6,9-10,13H,1,3-4,7-8,11-12H2,(H,17,21)(H,19,20). The fourth-order valence-corrected chi connectivity index (χ4v) is 2.74. The lowest BCUT2D eigenvalue weighted by atomic mass is 9.89. The molecule has 1 aromatic carbocycles. The molecule has 21 heavy (non-hydrogen) atoms. The lowest BCUT2D eigenvalue weighted by Crippen LogP contribution is -2.44. The van der Waals surface area contributed by atoms with E-state index in [1.807, 2.05) is 6.07 Å². The van der Waals surface area contributed by atoms with Crippen LogP contribution in [0, 0.1) is 5.92 Å². The third-order valence-electron chi connectivity index (χ3n) is 3.87. The minimum Gasteiger partial charge on any atom is -0.480 e. The van der Waals surface area contributed by atoms with E-state index in [4.69, 9.17) is 5.11 Å². The monoisotopic (exact) mass is 290 g/mol. The van der Waals surface area contributed by atoms with E-state index >= 15 is 0 Å². The molecule has 0 saturated heterocycles. The molecule has 1 aromatic rings. The number of rotatable bonds is 5. The van der Waals surface area contributed by atoms with Gasteiger partial charge in [0.1, 0.15) is 6.54 Å². The molecule has 1 aliphatic rings. The Morgan fingerprint density at radius 1 is 1.14 bits per heavy atom. The summed E-state index contributed by atoms with van der Waals surface area (Å²) in [7, 11) is 0. The highest BCUT2D eigenvalue weighted by molar-refractivity contribution is 5.96. The van der Waals surface area contributed by atoms with Crippen molar-refractivity contribution in [1.82, 2.24) is 5.32 Å². The average Bonchev–Trinajstić information content (AvgIpc) is 2.52. The number of carbonyl (C=O) groups is 2. The highest BCUT2D eigenvalue weighted by atomic mass is 16.4. The van der Waals surface area contributed by atoms with Crippen LogP contribution in [0.15, 0.2) is 30.3 Å². The fourth-order valence-electron chi connectivity index (χ4n) is 2.74. The van der Waals surface area contributed by atoms with Crippen LogP contribution in [0.3, 0.4) is 0 Å². The van der Waals surface area contributed by atoms with Gasteiger partial charge in [0.15, 0.2) is 0 Å². The summed E-state index contributed by atoms with van der Waals surface area (Å²) in [6.07, 6.45) is 6.00. The minimum atomic E-state index is -1.02. The van der Waals surface area contributed by atoms with Crippen molar-refractivity contribution in [2.45, 2.75) is 32.1 Å².